The molecule has 2 aromatic rings. The molecule has 102 valence electrons. The Morgan fingerprint density at radius 1 is 1.26 bits per heavy atom. The highest BCUT2D eigenvalue weighted by Gasteiger charge is 2.13. The molecule has 2 atom stereocenters. The molecule has 3 heteroatoms. The Balaban J connectivity index is 1.98. The van der Waals surface area contributed by atoms with E-state index in [0.717, 1.165) is 18.4 Å². The van der Waals surface area contributed by atoms with Crippen molar-refractivity contribution in [1.29, 1.82) is 0 Å². The van der Waals surface area contributed by atoms with E-state index in [1.54, 1.807) is 23.5 Å². The summed E-state index contributed by atoms with van der Waals surface area (Å²) in [5, 5.41) is 5.69. The normalized spacial score (nSPS) is 14.3. The summed E-state index contributed by atoms with van der Waals surface area (Å²) in [5.41, 5.74) is 1.03. The van der Waals surface area contributed by atoms with E-state index in [4.69, 9.17) is 0 Å². The van der Waals surface area contributed by atoms with Crippen LogP contribution in [-0.4, -0.2) is 6.04 Å². The summed E-state index contributed by atoms with van der Waals surface area (Å²) in [6.45, 7) is 4.31. The average molecular weight is 277 g/mol. The van der Waals surface area contributed by atoms with Gasteiger partial charge in [0, 0.05) is 17.0 Å². The number of rotatable bonds is 6. The van der Waals surface area contributed by atoms with E-state index in [2.05, 4.69) is 36.7 Å². The van der Waals surface area contributed by atoms with E-state index >= 15 is 0 Å². The minimum absolute atomic E-state index is 0.163. The number of benzene rings is 1. The Bertz CT molecular complexity index is 495. The Morgan fingerprint density at radius 2 is 2.11 bits per heavy atom. The summed E-state index contributed by atoms with van der Waals surface area (Å²) in [4.78, 5) is 1.38. The van der Waals surface area contributed by atoms with E-state index in [9.17, 15) is 4.39 Å². The standard InChI is InChI=1S/C16H20FNS/c1-3-16(13-6-4-7-14(17)11-13)18-12(2)10-15-8-5-9-19-15/h4-9,11-12,16,18H,3,10H2,1-2H3. The number of hydrogen-bond donors (Lipinski definition) is 1. The molecule has 0 aliphatic heterocycles. The van der Waals surface area contributed by atoms with E-state index in [1.165, 1.54) is 10.9 Å². The molecular formula is C16H20FNS. The third-order valence-corrected chi connectivity index (χ3v) is 4.13. The quantitative estimate of drug-likeness (QED) is 0.816. The maximum atomic E-state index is 13.3. The first-order chi connectivity index (χ1) is 9.19. The van der Waals surface area contributed by atoms with Gasteiger partial charge >= 0.3 is 0 Å². The van der Waals surface area contributed by atoms with E-state index in [0.29, 0.717) is 6.04 Å². The van der Waals surface area contributed by atoms with Gasteiger partial charge in [0.15, 0.2) is 0 Å². The van der Waals surface area contributed by atoms with Gasteiger partial charge in [-0.15, -0.1) is 11.3 Å². The molecule has 1 N–H and O–H groups in total. The largest absolute Gasteiger partial charge is 0.307 e. The molecule has 0 radical (unpaired) electrons. The molecule has 2 unspecified atom stereocenters. The van der Waals surface area contributed by atoms with Gasteiger partial charge in [-0.1, -0.05) is 25.1 Å². The maximum absolute atomic E-state index is 13.3. The van der Waals surface area contributed by atoms with Crippen molar-refractivity contribution >= 4 is 11.3 Å². The molecule has 1 heterocycles. The van der Waals surface area contributed by atoms with Crippen molar-refractivity contribution in [2.45, 2.75) is 38.8 Å². The molecule has 0 saturated carbocycles. The predicted octanol–water partition coefficient (Wildman–Crippen LogP) is 4.56. The lowest BCUT2D eigenvalue weighted by Crippen LogP contribution is -2.31. The fraction of sp³-hybridized carbons (Fsp3) is 0.375. The summed E-state index contributed by atoms with van der Waals surface area (Å²) >= 11 is 1.78. The van der Waals surface area contributed by atoms with Gasteiger partial charge in [-0.3, -0.25) is 0 Å². The molecule has 19 heavy (non-hydrogen) atoms. The van der Waals surface area contributed by atoms with Crippen molar-refractivity contribution in [2.75, 3.05) is 0 Å². The van der Waals surface area contributed by atoms with Gasteiger partial charge in [-0.25, -0.2) is 4.39 Å². The number of hydrogen-bond acceptors (Lipinski definition) is 2. The molecule has 0 saturated heterocycles. The minimum Gasteiger partial charge on any atom is -0.307 e. The lowest BCUT2D eigenvalue weighted by Gasteiger charge is -2.22. The van der Waals surface area contributed by atoms with Gasteiger partial charge in [0.05, 0.1) is 0 Å². The van der Waals surface area contributed by atoms with Crippen LogP contribution in [0.15, 0.2) is 41.8 Å². The lowest BCUT2D eigenvalue weighted by molar-refractivity contribution is 0.443. The second kappa shape index (κ2) is 6.83. The SMILES string of the molecule is CCC(NC(C)Cc1cccs1)c1cccc(F)c1. The van der Waals surface area contributed by atoms with E-state index < -0.39 is 0 Å². The van der Waals surface area contributed by atoms with Crippen LogP contribution in [0.5, 0.6) is 0 Å². The Kier molecular flexibility index (Phi) is 5.11. The van der Waals surface area contributed by atoms with Crippen molar-refractivity contribution in [3.8, 4) is 0 Å². The highest BCUT2D eigenvalue weighted by atomic mass is 32.1. The van der Waals surface area contributed by atoms with Crippen LogP contribution in [0.4, 0.5) is 4.39 Å². The molecule has 0 spiro atoms. The molecule has 0 aliphatic rings. The first kappa shape index (κ1) is 14.2. The second-order valence-electron chi connectivity index (χ2n) is 4.87. The van der Waals surface area contributed by atoms with Crippen LogP contribution in [0.1, 0.15) is 36.8 Å². The van der Waals surface area contributed by atoms with Crippen LogP contribution in [0.25, 0.3) is 0 Å². The zero-order valence-corrected chi connectivity index (χ0v) is 12.2. The molecule has 0 amide bonds. The van der Waals surface area contributed by atoms with Crippen molar-refractivity contribution in [1.82, 2.24) is 5.32 Å². The predicted molar refractivity (Wildman–Crippen MR) is 80.1 cm³/mol. The third kappa shape index (κ3) is 4.15. The van der Waals surface area contributed by atoms with Crippen LogP contribution in [-0.2, 0) is 6.42 Å². The number of thiophene rings is 1. The summed E-state index contributed by atoms with van der Waals surface area (Å²) in [6.07, 6.45) is 1.97. The topological polar surface area (TPSA) is 12.0 Å². The lowest BCUT2D eigenvalue weighted by atomic mass is 10.0. The van der Waals surface area contributed by atoms with Gasteiger partial charge in [0.2, 0.25) is 0 Å². The molecule has 0 bridgehead atoms. The number of halogens is 1. The summed E-state index contributed by atoms with van der Waals surface area (Å²) in [7, 11) is 0. The van der Waals surface area contributed by atoms with Crippen molar-refractivity contribution in [3.05, 3.63) is 58.0 Å². The highest BCUT2D eigenvalue weighted by Crippen LogP contribution is 2.19. The van der Waals surface area contributed by atoms with Gasteiger partial charge < -0.3 is 5.32 Å². The molecule has 1 aromatic heterocycles. The molecule has 2 rings (SSSR count). The molecule has 0 aliphatic carbocycles. The van der Waals surface area contributed by atoms with Crippen LogP contribution < -0.4 is 5.32 Å². The van der Waals surface area contributed by atoms with Crippen LogP contribution >= 0.6 is 11.3 Å². The molecular weight excluding hydrogens is 257 g/mol. The van der Waals surface area contributed by atoms with Gasteiger partial charge in [0.25, 0.3) is 0 Å². The summed E-state index contributed by atoms with van der Waals surface area (Å²) < 4.78 is 13.3. The second-order valence-corrected chi connectivity index (χ2v) is 5.90. The molecule has 0 fully saturated rings. The van der Waals surface area contributed by atoms with E-state index in [1.807, 2.05) is 6.07 Å². The Morgan fingerprint density at radius 3 is 2.74 bits per heavy atom. The Hall–Kier alpha value is -1.19. The number of nitrogens with one attached hydrogen (secondary N) is 1. The van der Waals surface area contributed by atoms with Gasteiger partial charge in [0.1, 0.15) is 5.82 Å². The van der Waals surface area contributed by atoms with Crippen LogP contribution in [0.3, 0.4) is 0 Å². The fourth-order valence-electron chi connectivity index (χ4n) is 2.31. The molecule has 1 aromatic carbocycles. The minimum atomic E-state index is -0.163. The van der Waals surface area contributed by atoms with Crippen molar-refractivity contribution in [3.63, 3.8) is 0 Å². The summed E-state index contributed by atoms with van der Waals surface area (Å²) in [5.74, 6) is -0.163. The zero-order chi connectivity index (χ0) is 13.7. The first-order valence-corrected chi connectivity index (χ1v) is 7.61. The highest BCUT2D eigenvalue weighted by molar-refractivity contribution is 7.09. The van der Waals surface area contributed by atoms with Crippen LogP contribution in [0, 0.1) is 5.82 Å². The zero-order valence-electron chi connectivity index (χ0n) is 11.4. The third-order valence-electron chi connectivity index (χ3n) is 3.23. The summed E-state index contributed by atoms with van der Waals surface area (Å²) in [6, 6.07) is 11.7. The Labute approximate surface area is 118 Å². The monoisotopic (exact) mass is 277 g/mol. The van der Waals surface area contributed by atoms with Crippen LogP contribution in [0.2, 0.25) is 0 Å². The van der Waals surface area contributed by atoms with Gasteiger partial charge in [-0.2, -0.15) is 0 Å². The van der Waals surface area contributed by atoms with Crippen molar-refractivity contribution < 1.29 is 4.39 Å². The van der Waals surface area contributed by atoms with Gasteiger partial charge in [-0.05, 0) is 48.9 Å². The maximum Gasteiger partial charge on any atom is 0.123 e. The van der Waals surface area contributed by atoms with Crippen molar-refractivity contribution in [2.24, 2.45) is 0 Å². The first-order valence-electron chi connectivity index (χ1n) is 6.73. The molecule has 1 nitrogen and oxygen atoms in total. The fourth-order valence-corrected chi connectivity index (χ4v) is 3.14. The average Bonchev–Trinajstić information content (AvgIpc) is 2.88. The smallest absolute Gasteiger partial charge is 0.123 e. The van der Waals surface area contributed by atoms with E-state index in [-0.39, 0.29) is 11.9 Å².